The molecule has 2 heteroatoms. The molecule has 0 saturated heterocycles. The molecule has 0 atom stereocenters. The van der Waals surface area contributed by atoms with Crippen molar-refractivity contribution in [3.05, 3.63) is 40.4 Å². The topological polar surface area (TPSA) is 9.23 Å². The Bertz CT molecular complexity index is 338. The zero-order chi connectivity index (χ0) is 10.6. The lowest BCUT2D eigenvalue weighted by molar-refractivity contribution is 0.362. The van der Waals surface area contributed by atoms with E-state index in [1.807, 2.05) is 45.0 Å². The average Bonchev–Trinajstić information content (AvgIpc) is 2.10. The fraction of sp³-hybridized carbons (Fsp3) is 0.333. The van der Waals surface area contributed by atoms with Gasteiger partial charge >= 0.3 is 0 Å². The standard InChI is InChI=1S/C12H15ClO/c1-9(2)6-7-14-12-8-10(3)4-5-11(12)13/h4-6,8H,7H2,1-3H3. The molecule has 0 aromatic heterocycles. The summed E-state index contributed by atoms with van der Waals surface area (Å²) < 4.78 is 5.52. The predicted octanol–water partition coefficient (Wildman–Crippen LogP) is 3.99. The molecule has 0 aliphatic heterocycles. The number of rotatable bonds is 3. The van der Waals surface area contributed by atoms with E-state index in [-0.39, 0.29) is 0 Å². The van der Waals surface area contributed by atoms with E-state index in [2.05, 4.69) is 0 Å². The maximum Gasteiger partial charge on any atom is 0.138 e. The summed E-state index contributed by atoms with van der Waals surface area (Å²) in [5, 5.41) is 0.665. The van der Waals surface area contributed by atoms with E-state index >= 15 is 0 Å². The summed E-state index contributed by atoms with van der Waals surface area (Å²) in [6, 6.07) is 5.77. The van der Waals surface area contributed by atoms with E-state index in [9.17, 15) is 0 Å². The predicted molar refractivity (Wildman–Crippen MR) is 61.1 cm³/mol. The molecule has 0 spiro atoms. The van der Waals surface area contributed by atoms with Crippen molar-refractivity contribution in [1.82, 2.24) is 0 Å². The molecular formula is C12H15ClO. The highest BCUT2D eigenvalue weighted by molar-refractivity contribution is 6.32. The van der Waals surface area contributed by atoms with Gasteiger partial charge in [-0.15, -0.1) is 0 Å². The number of halogens is 1. The van der Waals surface area contributed by atoms with Gasteiger partial charge in [0.1, 0.15) is 12.4 Å². The lowest BCUT2D eigenvalue weighted by Gasteiger charge is -2.06. The number of allylic oxidation sites excluding steroid dienone is 1. The van der Waals surface area contributed by atoms with Crippen LogP contribution in [0.15, 0.2) is 29.8 Å². The minimum absolute atomic E-state index is 0.575. The molecule has 0 saturated carbocycles. The largest absolute Gasteiger partial charge is 0.488 e. The Kier molecular flexibility index (Phi) is 4.02. The maximum absolute atomic E-state index is 5.97. The van der Waals surface area contributed by atoms with Crippen LogP contribution in [0, 0.1) is 6.92 Å². The zero-order valence-electron chi connectivity index (χ0n) is 8.80. The molecule has 76 valence electrons. The summed E-state index contributed by atoms with van der Waals surface area (Å²) in [6.45, 7) is 6.68. The van der Waals surface area contributed by atoms with Crippen LogP contribution in [0.5, 0.6) is 5.75 Å². The Labute approximate surface area is 90.3 Å². The van der Waals surface area contributed by atoms with Gasteiger partial charge in [-0.2, -0.15) is 0 Å². The molecular weight excluding hydrogens is 196 g/mol. The Morgan fingerprint density at radius 1 is 1.43 bits per heavy atom. The fourth-order valence-electron chi connectivity index (χ4n) is 1.02. The van der Waals surface area contributed by atoms with Crippen molar-refractivity contribution in [3.8, 4) is 5.75 Å². The van der Waals surface area contributed by atoms with Gasteiger partial charge in [-0.25, -0.2) is 0 Å². The van der Waals surface area contributed by atoms with Gasteiger partial charge < -0.3 is 4.74 Å². The lowest BCUT2D eigenvalue weighted by Crippen LogP contribution is -1.95. The number of hydrogen-bond donors (Lipinski definition) is 0. The van der Waals surface area contributed by atoms with Crippen LogP contribution in [0.2, 0.25) is 5.02 Å². The van der Waals surface area contributed by atoms with Gasteiger partial charge in [0.25, 0.3) is 0 Å². The Morgan fingerprint density at radius 2 is 2.14 bits per heavy atom. The molecule has 0 amide bonds. The SMILES string of the molecule is CC(C)=CCOc1cc(C)ccc1Cl. The molecule has 0 heterocycles. The van der Waals surface area contributed by atoms with Crippen LogP contribution < -0.4 is 4.74 Å². The third-order valence-corrected chi connectivity index (χ3v) is 2.13. The second kappa shape index (κ2) is 5.06. The average molecular weight is 211 g/mol. The van der Waals surface area contributed by atoms with Crippen molar-refractivity contribution in [2.24, 2.45) is 0 Å². The van der Waals surface area contributed by atoms with Gasteiger partial charge in [0.05, 0.1) is 5.02 Å². The quantitative estimate of drug-likeness (QED) is 0.686. The van der Waals surface area contributed by atoms with Crippen molar-refractivity contribution in [2.75, 3.05) is 6.61 Å². The van der Waals surface area contributed by atoms with E-state index < -0.39 is 0 Å². The molecule has 1 aromatic carbocycles. The van der Waals surface area contributed by atoms with Crippen LogP contribution in [-0.2, 0) is 0 Å². The lowest BCUT2D eigenvalue weighted by atomic mass is 10.2. The molecule has 0 aliphatic carbocycles. The van der Waals surface area contributed by atoms with Crippen LogP contribution in [0.25, 0.3) is 0 Å². The minimum atomic E-state index is 0.575. The van der Waals surface area contributed by atoms with Crippen molar-refractivity contribution < 1.29 is 4.74 Å². The van der Waals surface area contributed by atoms with E-state index in [0.717, 1.165) is 11.3 Å². The highest BCUT2D eigenvalue weighted by Crippen LogP contribution is 2.25. The van der Waals surface area contributed by atoms with Crippen LogP contribution in [-0.4, -0.2) is 6.61 Å². The van der Waals surface area contributed by atoms with Crippen LogP contribution in [0.3, 0.4) is 0 Å². The van der Waals surface area contributed by atoms with Gasteiger partial charge in [-0.05, 0) is 44.5 Å². The van der Waals surface area contributed by atoms with Crippen LogP contribution in [0.4, 0.5) is 0 Å². The highest BCUT2D eigenvalue weighted by atomic mass is 35.5. The maximum atomic E-state index is 5.97. The highest BCUT2D eigenvalue weighted by Gasteiger charge is 1.99. The second-order valence-corrected chi connectivity index (χ2v) is 3.93. The van der Waals surface area contributed by atoms with Gasteiger partial charge in [0.15, 0.2) is 0 Å². The number of hydrogen-bond acceptors (Lipinski definition) is 1. The van der Waals surface area contributed by atoms with Crippen molar-refractivity contribution in [1.29, 1.82) is 0 Å². The third-order valence-electron chi connectivity index (χ3n) is 1.82. The van der Waals surface area contributed by atoms with Gasteiger partial charge in [-0.3, -0.25) is 0 Å². The van der Waals surface area contributed by atoms with Gasteiger partial charge in [0, 0.05) is 0 Å². The van der Waals surface area contributed by atoms with E-state index in [1.165, 1.54) is 5.57 Å². The first-order valence-electron chi connectivity index (χ1n) is 4.62. The molecule has 0 N–H and O–H groups in total. The smallest absolute Gasteiger partial charge is 0.138 e. The van der Waals surface area contributed by atoms with Gasteiger partial charge in [-0.1, -0.05) is 23.2 Å². The number of ether oxygens (including phenoxy) is 1. The van der Waals surface area contributed by atoms with Crippen molar-refractivity contribution in [3.63, 3.8) is 0 Å². The molecule has 1 aromatic rings. The Morgan fingerprint density at radius 3 is 2.79 bits per heavy atom. The summed E-state index contributed by atoms with van der Waals surface area (Å²) in [5.41, 5.74) is 2.40. The first kappa shape index (κ1) is 11.1. The Hall–Kier alpha value is -0.950. The van der Waals surface area contributed by atoms with E-state index in [0.29, 0.717) is 11.6 Å². The van der Waals surface area contributed by atoms with Crippen molar-refractivity contribution >= 4 is 11.6 Å². The Balaban J connectivity index is 2.67. The van der Waals surface area contributed by atoms with Gasteiger partial charge in [0.2, 0.25) is 0 Å². The van der Waals surface area contributed by atoms with E-state index in [4.69, 9.17) is 16.3 Å². The summed E-state index contributed by atoms with van der Waals surface area (Å²) in [5.74, 6) is 0.754. The number of aryl methyl sites for hydroxylation is 1. The zero-order valence-corrected chi connectivity index (χ0v) is 9.56. The second-order valence-electron chi connectivity index (χ2n) is 3.53. The monoisotopic (exact) mass is 210 g/mol. The summed E-state index contributed by atoms with van der Waals surface area (Å²) >= 11 is 5.97. The molecule has 14 heavy (non-hydrogen) atoms. The normalized spacial score (nSPS) is 9.71. The fourth-order valence-corrected chi connectivity index (χ4v) is 1.19. The van der Waals surface area contributed by atoms with E-state index in [1.54, 1.807) is 0 Å². The number of benzene rings is 1. The summed E-state index contributed by atoms with van der Waals surface area (Å²) in [6.07, 6.45) is 2.03. The first-order chi connectivity index (χ1) is 6.59. The summed E-state index contributed by atoms with van der Waals surface area (Å²) in [7, 11) is 0. The molecule has 0 radical (unpaired) electrons. The molecule has 1 nitrogen and oxygen atoms in total. The molecule has 0 unspecified atom stereocenters. The molecule has 1 rings (SSSR count). The molecule has 0 fully saturated rings. The first-order valence-corrected chi connectivity index (χ1v) is 4.99. The van der Waals surface area contributed by atoms with Crippen LogP contribution >= 0.6 is 11.6 Å². The minimum Gasteiger partial charge on any atom is -0.488 e. The molecule has 0 aliphatic rings. The summed E-state index contributed by atoms with van der Waals surface area (Å²) in [4.78, 5) is 0. The van der Waals surface area contributed by atoms with Crippen molar-refractivity contribution in [2.45, 2.75) is 20.8 Å². The third kappa shape index (κ3) is 3.43. The molecule has 0 bridgehead atoms. The van der Waals surface area contributed by atoms with Crippen LogP contribution in [0.1, 0.15) is 19.4 Å².